The van der Waals surface area contributed by atoms with Crippen LogP contribution in [0.5, 0.6) is 0 Å². The van der Waals surface area contributed by atoms with E-state index < -0.39 is 0 Å². The Kier molecular flexibility index (Phi) is 6.30. The van der Waals surface area contributed by atoms with Crippen molar-refractivity contribution in [2.45, 2.75) is 32.4 Å². The summed E-state index contributed by atoms with van der Waals surface area (Å²) in [6.45, 7) is 8.68. The molecular formula is C25H33N5. The Labute approximate surface area is 180 Å². The van der Waals surface area contributed by atoms with Crippen LogP contribution in [0.25, 0.3) is 22.0 Å². The minimum atomic E-state index is 0.554. The largest absolute Gasteiger partial charge is 0.339 e. The van der Waals surface area contributed by atoms with Crippen LogP contribution < -0.4 is 4.90 Å². The molecular weight excluding hydrogens is 370 g/mol. The van der Waals surface area contributed by atoms with Gasteiger partial charge in [0, 0.05) is 50.0 Å². The molecule has 5 nitrogen and oxygen atoms in total. The van der Waals surface area contributed by atoms with Gasteiger partial charge in [0.15, 0.2) is 0 Å². The van der Waals surface area contributed by atoms with Crippen LogP contribution in [0, 0.1) is 0 Å². The maximum absolute atomic E-state index is 4.91. The van der Waals surface area contributed by atoms with Crippen LogP contribution in [-0.2, 0) is 0 Å². The van der Waals surface area contributed by atoms with E-state index in [1.165, 1.54) is 10.8 Å². The van der Waals surface area contributed by atoms with E-state index >= 15 is 0 Å². The molecule has 1 saturated heterocycles. The number of rotatable bonds is 7. The van der Waals surface area contributed by atoms with E-state index in [1.807, 2.05) is 12.3 Å². The zero-order valence-electron chi connectivity index (χ0n) is 18.6. The summed E-state index contributed by atoms with van der Waals surface area (Å²) in [5.74, 6) is 0.843. The lowest BCUT2D eigenvalue weighted by molar-refractivity contribution is 0.195. The highest BCUT2D eigenvalue weighted by molar-refractivity contribution is 5.86. The van der Waals surface area contributed by atoms with Gasteiger partial charge in [-0.25, -0.2) is 9.97 Å². The van der Waals surface area contributed by atoms with Crippen molar-refractivity contribution in [3.8, 4) is 11.3 Å². The maximum Gasteiger partial charge on any atom is 0.225 e. The minimum absolute atomic E-state index is 0.554. The van der Waals surface area contributed by atoms with Gasteiger partial charge in [-0.3, -0.25) is 0 Å². The quantitative estimate of drug-likeness (QED) is 0.592. The van der Waals surface area contributed by atoms with Crippen LogP contribution in [-0.4, -0.2) is 72.1 Å². The smallest absolute Gasteiger partial charge is 0.225 e. The van der Waals surface area contributed by atoms with Crippen molar-refractivity contribution in [1.82, 2.24) is 19.8 Å². The van der Waals surface area contributed by atoms with E-state index in [0.29, 0.717) is 12.1 Å². The van der Waals surface area contributed by atoms with Crippen molar-refractivity contribution in [3.63, 3.8) is 0 Å². The monoisotopic (exact) mass is 403 g/mol. The summed E-state index contributed by atoms with van der Waals surface area (Å²) in [4.78, 5) is 16.7. The molecule has 30 heavy (non-hydrogen) atoms. The molecule has 1 aliphatic heterocycles. The summed E-state index contributed by atoms with van der Waals surface area (Å²) in [7, 11) is 4.44. The van der Waals surface area contributed by atoms with Gasteiger partial charge in [-0.05, 0) is 57.3 Å². The van der Waals surface area contributed by atoms with Crippen LogP contribution >= 0.6 is 0 Å². The predicted octanol–water partition coefficient (Wildman–Crippen LogP) is 4.15. The summed E-state index contributed by atoms with van der Waals surface area (Å²) >= 11 is 0. The molecule has 0 amide bonds. The van der Waals surface area contributed by atoms with Crippen molar-refractivity contribution in [2.75, 3.05) is 45.2 Å². The van der Waals surface area contributed by atoms with Crippen LogP contribution in [0.2, 0.25) is 0 Å². The van der Waals surface area contributed by atoms with Crippen LogP contribution in [0.3, 0.4) is 0 Å². The maximum atomic E-state index is 4.91. The Morgan fingerprint density at radius 3 is 2.63 bits per heavy atom. The normalized spacial score (nSPS) is 17.0. The van der Waals surface area contributed by atoms with Crippen molar-refractivity contribution in [3.05, 3.63) is 54.7 Å². The highest BCUT2D eigenvalue weighted by atomic mass is 15.3. The molecule has 0 unspecified atom stereocenters. The van der Waals surface area contributed by atoms with E-state index in [9.17, 15) is 0 Å². The van der Waals surface area contributed by atoms with Gasteiger partial charge in [0.1, 0.15) is 0 Å². The van der Waals surface area contributed by atoms with Crippen molar-refractivity contribution in [2.24, 2.45) is 0 Å². The first-order valence-corrected chi connectivity index (χ1v) is 11.0. The fraction of sp³-hybridized carbons (Fsp3) is 0.440. The predicted molar refractivity (Wildman–Crippen MR) is 126 cm³/mol. The number of aromatic nitrogens is 2. The van der Waals surface area contributed by atoms with Gasteiger partial charge in [0.25, 0.3) is 0 Å². The fourth-order valence-electron chi connectivity index (χ4n) is 4.05. The van der Waals surface area contributed by atoms with Gasteiger partial charge < -0.3 is 14.7 Å². The standard InChI is InChI=1S/C25H33N5/c1-19(2)28(3)15-16-29(4)23-12-14-30(18-23)25-26-13-11-24(27-25)22-10-9-20-7-5-6-8-21(20)17-22/h5-11,13,17,19,23H,12,14-16,18H2,1-4H3/t23-/m1/s1. The summed E-state index contributed by atoms with van der Waals surface area (Å²) < 4.78 is 0. The van der Waals surface area contributed by atoms with Crippen LogP contribution in [0.4, 0.5) is 5.95 Å². The van der Waals surface area contributed by atoms with Gasteiger partial charge >= 0.3 is 0 Å². The van der Waals surface area contributed by atoms with E-state index in [2.05, 4.69) is 90.1 Å². The Balaban J connectivity index is 1.44. The van der Waals surface area contributed by atoms with Gasteiger partial charge in [-0.15, -0.1) is 0 Å². The van der Waals surface area contributed by atoms with Crippen LogP contribution in [0.15, 0.2) is 54.7 Å². The molecule has 0 bridgehead atoms. The number of benzene rings is 2. The molecule has 2 aromatic carbocycles. The first-order chi connectivity index (χ1) is 14.5. The molecule has 1 fully saturated rings. The topological polar surface area (TPSA) is 35.5 Å². The Morgan fingerprint density at radius 1 is 1.03 bits per heavy atom. The van der Waals surface area contributed by atoms with Gasteiger partial charge in [-0.1, -0.05) is 36.4 Å². The highest BCUT2D eigenvalue weighted by Gasteiger charge is 2.27. The van der Waals surface area contributed by atoms with E-state index in [1.54, 1.807) is 0 Å². The Bertz CT molecular complexity index is 986. The second-order valence-corrected chi connectivity index (χ2v) is 8.75. The van der Waals surface area contributed by atoms with E-state index in [0.717, 1.165) is 49.8 Å². The molecule has 0 saturated carbocycles. The summed E-state index contributed by atoms with van der Waals surface area (Å²) in [5, 5.41) is 2.49. The van der Waals surface area contributed by atoms with Gasteiger partial charge in [0.05, 0.1) is 5.69 Å². The highest BCUT2D eigenvalue weighted by Crippen LogP contribution is 2.25. The molecule has 1 aromatic heterocycles. The van der Waals surface area contributed by atoms with Gasteiger partial charge in [0.2, 0.25) is 5.95 Å². The molecule has 158 valence electrons. The van der Waals surface area contributed by atoms with Crippen LogP contribution in [0.1, 0.15) is 20.3 Å². The molecule has 0 aliphatic carbocycles. The average molecular weight is 404 g/mol. The SMILES string of the molecule is CC(C)N(C)CCN(C)[C@@H]1CCN(c2nccc(-c3ccc4ccccc4c3)n2)C1. The molecule has 4 rings (SSSR count). The zero-order valence-corrected chi connectivity index (χ0v) is 18.6. The summed E-state index contributed by atoms with van der Waals surface area (Å²) in [6.07, 6.45) is 3.05. The Morgan fingerprint density at radius 2 is 1.83 bits per heavy atom. The third kappa shape index (κ3) is 4.63. The van der Waals surface area contributed by atoms with E-state index in [-0.39, 0.29) is 0 Å². The number of nitrogens with zero attached hydrogens (tertiary/aromatic N) is 5. The third-order valence-electron chi connectivity index (χ3n) is 6.44. The zero-order chi connectivity index (χ0) is 21.1. The second-order valence-electron chi connectivity index (χ2n) is 8.75. The summed E-state index contributed by atoms with van der Waals surface area (Å²) in [5.41, 5.74) is 2.13. The lowest BCUT2D eigenvalue weighted by atomic mass is 10.1. The molecule has 1 aliphatic rings. The van der Waals surface area contributed by atoms with Crippen molar-refractivity contribution >= 4 is 16.7 Å². The first kappa shape index (κ1) is 20.8. The minimum Gasteiger partial charge on any atom is -0.339 e. The third-order valence-corrected chi connectivity index (χ3v) is 6.44. The molecule has 0 radical (unpaired) electrons. The fourth-order valence-corrected chi connectivity index (χ4v) is 4.05. The number of likely N-dealkylation sites (N-methyl/N-ethyl adjacent to an activating group) is 2. The molecule has 2 heterocycles. The summed E-state index contributed by atoms with van der Waals surface area (Å²) in [6, 6.07) is 18.1. The number of hydrogen-bond acceptors (Lipinski definition) is 5. The Hall–Kier alpha value is -2.50. The van der Waals surface area contributed by atoms with Gasteiger partial charge in [-0.2, -0.15) is 0 Å². The lowest BCUT2D eigenvalue weighted by Crippen LogP contribution is -2.40. The lowest BCUT2D eigenvalue weighted by Gasteiger charge is -2.28. The van der Waals surface area contributed by atoms with E-state index in [4.69, 9.17) is 4.98 Å². The number of hydrogen-bond donors (Lipinski definition) is 0. The average Bonchev–Trinajstić information content (AvgIpc) is 3.27. The molecule has 5 heteroatoms. The second kappa shape index (κ2) is 9.11. The first-order valence-electron chi connectivity index (χ1n) is 11.0. The number of fused-ring (bicyclic) bond motifs is 1. The molecule has 3 aromatic rings. The molecule has 0 spiro atoms. The van der Waals surface area contributed by atoms with Crippen molar-refractivity contribution in [1.29, 1.82) is 0 Å². The van der Waals surface area contributed by atoms with Crippen molar-refractivity contribution < 1.29 is 0 Å². The molecule has 1 atom stereocenters. The number of anilines is 1. The molecule has 0 N–H and O–H groups in total.